The predicted octanol–water partition coefficient (Wildman–Crippen LogP) is 2.55. The van der Waals surface area contributed by atoms with Crippen molar-refractivity contribution in [2.24, 2.45) is 11.8 Å². The van der Waals surface area contributed by atoms with Crippen LogP contribution in [0, 0.1) is 25.7 Å². The predicted molar refractivity (Wildman–Crippen MR) is 144 cm³/mol. The highest BCUT2D eigenvalue weighted by Crippen LogP contribution is 2.40. The summed E-state index contributed by atoms with van der Waals surface area (Å²) in [6.07, 6.45) is 2.25. The summed E-state index contributed by atoms with van der Waals surface area (Å²) in [7, 11) is 0. The Bertz CT molecular complexity index is 1170. The Morgan fingerprint density at radius 3 is 2.42 bits per heavy atom. The third kappa shape index (κ3) is 4.74. The van der Waals surface area contributed by atoms with Gasteiger partial charge in [0.25, 0.3) is 0 Å². The van der Waals surface area contributed by atoms with Gasteiger partial charge in [-0.2, -0.15) is 0 Å². The Labute approximate surface area is 225 Å². The number of morpholine rings is 1. The van der Waals surface area contributed by atoms with Crippen LogP contribution in [-0.4, -0.2) is 76.3 Å². The lowest BCUT2D eigenvalue weighted by molar-refractivity contribution is -0.202. The van der Waals surface area contributed by atoms with E-state index >= 15 is 0 Å². The number of ether oxygens (including phenoxy) is 1. The summed E-state index contributed by atoms with van der Waals surface area (Å²) in [6, 6.07) is 10.6. The molecule has 2 aliphatic heterocycles. The van der Waals surface area contributed by atoms with Gasteiger partial charge in [-0.05, 0) is 56.2 Å². The molecular weight excluding hydrogens is 480 g/mol. The number of nitrogens with one attached hydrogen (secondary N) is 1. The van der Waals surface area contributed by atoms with Gasteiger partial charge in [0, 0.05) is 42.5 Å². The number of amides is 2. The van der Waals surface area contributed by atoms with Crippen LogP contribution >= 0.6 is 0 Å². The minimum atomic E-state index is -1.53. The quantitative estimate of drug-likeness (QED) is 0.608. The van der Waals surface area contributed by atoms with Crippen molar-refractivity contribution in [2.45, 2.75) is 64.8 Å². The molecule has 2 N–H and O–H groups in total. The summed E-state index contributed by atoms with van der Waals surface area (Å²) < 4.78 is 5.51. The first-order valence-electron chi connectivity index (χ1n) is 13.9. The topological polar surface area (TPSA) is 95.0 Å². The number of pyridine rings is 1. The Morgan fingerprint density at radius 1 is 1.16 bits per heavy atom. The molecule has 3 heterocycles. The number of β-amino-alcohol motifs (C(OH)–C–C–N with tert-alkyl or cyclic N) is 1. The van der Waals surface area contributed by atoms with E-state index in [1.165, 1.54) is 16.0 Å². The minimum Gasteiger partial charge on any atom is -0.378 e. The number of benzene rings is 1. The highest BCUT2D eigenvalue weighted by Gasteiger charge is 2.55. The van der Waals surface area contributed by atoms with E-state index in [1.54, 1.807) is 4.90 Å². The molecule has 2 fully saturated rings. The summed E-state index contributed by atoms with van der Waals surface area (Å²) in [5, 5.41) is 15.7. The summed E-state index contributed by atoms with van der Waals surface area (Å²) in [4.78, 5) is 36.8. The number of nitrogens with zero attached hydrogens (tertiary/aromatic N) is 3. The van der Waals surface area contributed by atoms with Gasteiger partial charge in [-0.1, -0.05) is 44.2 Å². The SMILES string of the molecule is CC[C@H](C)[C@@]1(O)CN[C@H](C2Cc3ccccc3C2)C(=O)N1[C@@H](C(=O)N1CCOCC1)c1ccc(C)nc1C. The maximum absolute atomic E-state index is 14.6. The Kier molecular flexibility index (Phi) is 7.58. The average molecular weight is 521 g/mol. The maximum Gasteiger partial charge on any atom is 0.250 e. The molecule has 0 spiro atoms. The first kappa shape index (κ1) is 26.8. The zero-order valence-electron chi connectivity index (χ0n) is 22.9. The van der Waals surface area contributed by atoms with Gasteiger partial charge in [0.2, 0.25) is 11.8 Å². The van der Waals surface area contributed by atoms with Crippen LogP contribution in [0.25, 0.3) is 0 Å². The zero-order chi connectivity index (χ0) is 27.0. The van der Waals surface area contributed by atoms with Crippen molar-refractivity contribution in [2.75, 3.05) is 32.8 Å². The van der Waals surface area contributed by atoms with Crippen LogP contribution in [0.15, 0.2) is 36.4 Å². The molecule has 0 saturated carbocycles. The van der Waals surface area contributed by atoms with Crippen LogP contribution in [0.1, 0.15) is 54.4 Å². The lowest BCUT2D eigenvalue weighted by Gasteiger charge is -2.53. The second kappa shape index (κ2) is 10.8. The van der Waals surface area contributed by atoms with Crippen molar-refractivity contribution in [1.82, 2.24) is 20.1 Å². The number of carbonyl (C=O) groups excluding carboxylic acids is 2. The smallest absolute Gasteiger partial charge is 0.250 e. The molecule has 5 rings (SSSR count). The summed E-state index contributed by atoms with van der Waals surface area (Å²) >= 11 is 0. The van der Waals surface area contributed by atoms with E-state index in [-0.39, 0.29) is 30.2 Å². The summed E-state index contributed by atoms with van der Waals surface area (Å²) in [6.45, 7) is 9.77. The number of fused-ring (bicyclic) bond motifs is 1. The molecule has 1 aliphatic carbocycles. The lowest BCUT2D eigenvalue weighted by atomic mass is 9.83. The van der Waals surface area contributed by atoms with Crippen LogP contribution in [0.3, 0.4) is 0 Å². The van der Waals surface area contributed by atoms with Crippen molar-refractivity contribution < 1.29 is 19.4 Å². The third-order valence-electron chi connectivity index (χ3n) is 8.83. The van der Waals surface area contributed by atoms with Gasteiger partial charge in [0.05, 0.1) is 19.3 Å². The molecule has 8 heteroatoms. The molecule has 38 heavy (non-hydrogen) atoms. The second-order valence-electron chi connectivity index (χ2n) is 11.2. The van der Waals surface area contributed by atoms with E-state index in [2.05, 4.69) is 22.4 Å². The van der Waals surface area contributed by atoms with Crippen LogP contribution in [-0.2, 0) is 27.2 Å². The fourth-order valence-corrected chi connectivity index (χ4v) is 6.39. The highest BCUT2D eigenvalue weighted by atomic mass is 16.5. The van der Waals surface area contributed by atoms with Gasteiger partial charge in [0.15, 0.2) is 5.72 Å². The van der Waals surface area contributed by atoms with E-state index < -0.39 is 17.8 Å². The number of carbonyl (C=O) groups is 2. The fraction of sp³-hybridized carbons (Fsp3) is 0.567. The number of piperazine rings is 1. The number of hydrogen-bond donors (Lipinski definition) is 2. The van der Waals surface area contributed by atoms with Crippen molar-refractivity contribution in [3.8, 4) is 0 Å². The highest BCUT2D eigenvalue weighted by molar-refractivity contribution is 5.92. The van der Waals surface area contributed by atoms with Crippen molar-refractivity contribution in [3.63, 3.8) is 0 Å². The number of rotatable bonds is 6. The molecule has 2 amide bonds. The molecule has 0 unspecified atom stereocenters. The van der Waals surface area contributed by atoms with Gasteiger partial charge in [-0.3, -0.25) is 19.5 Å². The van der Waals surface area contributed by atoms with Crippen LogP contribution in [0.4, 0.5) is 0 Å². The molecule has 4 atom stereocenters. The Hall–Kier alpha value is -2.81. The van der Waals surface area contributed by atoms with Crippen molar-refractivity contribution in [1.29, 1.82) is 0 Å². The van der Waals surface area contributed by atoms with E-state index in [1.807, 2.05) is 52.0 Å². The van der Waals surface area contributed by atoms with Gasteiger partial charge in [-0.25, -0.2) is 0 Å². The third-order valence-corrected chi connectivity index (χ3v) is 8.83. The van der Waals surface area contributed by atoms with E-state index in [9.17, 15) is 14.7 Å². The molecule has 0 radical (unpaired) electrons. The normalized spacial score (nSPS) is 25.8. The molecule has 8 nitrogen and oxygen atoms in total. The van der Waals surface area contributed by atoms with E-state index in [0.29, 0.717) is 44.0 Å². The number of hydrogen-bond acceptors (Lipinski definition) is 6. The lowest BCUT2D eigenvalue weighted by Crippen LogP contribution is -2.73. The van der Waals surface area contributed by atoms with E-state index in [4.69, 9.17) is 4.74 Å². The molecule has 2 aromatic rings. The van der Waals surface area contributed by atoms with Gasteiger partial charge in [0.1, 0.15) is 6.04 Å². The Balaban J connectivity index is 1.58. The average Bonchev–Trinajstić information content (AvgIpc) is 3.35. The van der Waals surface area contributed by atoms with Crippen LogP contribution in [0.2, 0.25) is 0 Å². The molecule has 3 aliphatic rings. The van der Waals surface area contributed by atoms with Gasteiger partial charge in [-0.15, -0.1) is 0 Å². The number of aliphatic hydroxyl groups is 1. The summed E-state index contributed by atoms with van der Waals surface area (Å²) in [5.41, 5.74) is 3.20. The van der Waals surface area contributed by atoms with Crippen LogP contribution < -0.4 is 5.32 Å². The van der Waals surface area contributed by atoms with Gasteiger partial charge < -0.3 is 20.1 Å². The molecular formula is C30H40N4O4. The zero-order valence-corrected chi connectivity index (χ0v) is 22.9. The molecule has 2 saturated heterocycles. The molecule has 0 bridgehead atoms. The van der Waals surface area contributed by atoms with E-state index in [0.717, 1.165) is 18.5 Å². The number of aromatic nitrogens is 1. The molecule has 1 aromatic carbocycles. The summed E-state index contributed by atoms with van der Waals surface area (Å²) in [5.74, 6) is -0.601. The largest absolute Gasteiger partial charge is 0.378 e. The van der Waals surface area contributed by atoms with Crippen molar-refractivity contribution >= 4 is 11.8 Å². The van der Waals surface area contributed by atoms with Crippen molar-refractivity contribution in [3.05, 3.63) is 64.5 Å². The standard InChI is InChI=1S/C30H40N4O4/c1-5-19(2)30(37)18-31-26(24-16-22-8-6-7-9-23(22)17-24)28(35)34(30)27(25-11-10-20(3)32-21(25)4)29(36)33-12-14-38-15-13-33/h6-11,19,24,26-27,31,37H,5,12-18H2,1-4H3/t19-,26+,27+,30-/m0/s1. The maximum atomic E-state index is 14.6. The molecule has 204 valence electrons. The van der Waals surface area contributed by atoms with Gasteiger partial charge >= 0.3 is 0 Å². The first-order valence-corrected chi connectivity index (χ1v) is 13.9. The Morgan fingerprint density at radius 2 is 1.82 bits per heavy atom. The number of aryl methyl sites for hydroxylation is 2. The molecule has 1 aromatic heterocycles. The first-order chi connectivity index (χ1) is 18.2. The van der Waals surface area contributed by atoms with Crippen LogP contribution in [0.5, 0.6) is 0 Å². The monoisotopic (exact) mass is 520 g/mol. The fourth-order valence-electron chi connectivity index (χ4n) is 6.39. The second-order valence-corrected chi connectivity index (χ2v) is 11.2. The minimum absolute atomic E-state index is 0.0558.